The minimum Gasteiger partial charge on any atom is -0.383 e. The molecule has 0 aliphatic heterocycles. The van der Waals surface area contributed by atoms with Crippen molar-refractivity contribution in [3.63, 3.8) is 0 Å². The second-order valence-corrected chi connectivity index (χ2v) is 8.35. The van der Waals surface area contributed by atoms with Crippen LogP contribution in [0.1, 0.15) is 25.3 Å². The molecule has 10 heteroatoms. The van der Waals surface area contributed by atoms with E-state index in [0.717, 1.165) is 12.0 Å². The molecule has 4 N–H and O–H groups in total. The lowest BCUT2D eigenvalue weighted by atomic mass is 10.2. The summed E-state index contributed by atoms with van der Waals surface area (Å²) in [5.74, 6) is -0.454. The zero-order valence-electron chi connectivity index (χ0n) is 18.1. The van der Waals surface area contributed by atoms with Crippen LogP contribution in [-0.4, -0.2) is 28.5 Å². The number of aromatic amines is 1. The minimum absolute atomic E-state index is 0.0464. The molecule has 0 aliphatic rings. The fraction of sp³-hybridized carbons (Fsp3) is 0.261. The minimum atomic E-state index is -0.711. The van der Waals surface area contributed by atoms with Crippen molar-refractivity contribution in [2.45, 2.75) is 26.3 Å². The highest BCUT2D eigenvalue weighted by atomic mass is 35.5. The second kappa shape index (κ2) is 11.1. The predicted octanol–water partition coefficient (Wildman–Crippen LogP) is 3.72. The lowest BCUT2D eigenvalue weighted by molar-refractivity contribution is -0.117. The summed E-state index contributed by atoms with van der Waals surface area (Å²) in [4.78, 5) is 42.0. The van der Waals surface area contributed by atoms with Gasteiger partial charge in [-0.3, -0.25) is 19.1 Å². The molecule has 8 nitrogen and oxygen atoms in total. The Balaban J connectivity index is 1.93. The van der Waals surface area contributed by atoms with Crippen LogP contribution in [0.4, 0.5) is 17.2 Å². The lowest BCUT2D eigenvalue weighted by Gasteiger charge is -2.25. The summed E-state index contributed by atoms with van der Waals surface area (Å²) in [5.41, 5.74) is 6.28. The van der Waals surface area contributed by atoms with Crippen molar-refractivity contribution >= 4 is 46.3 Å². The number of nitrogens with two attached hydrogens (primary N) is 1. The molecule has 0 fully saturated rings. The standard InChI is InChI=1S/C23H25Cl2N5O3/c1-2-3-9-29(19(31)13-27-18-11-16(24)10-17(25)12-18)20-21(26)30(23(33)28-22(20)32)14-15-7-5-4-6-8-15/h4-8,10-12,27H,2-3,9,13-14,26H2,1H3,(H,28,32,33). The van der Waals surface area contributed by atoms with E-state index in [2.05, 4.69) is 10.3 Å². The number of carbonyl (C=O) groups excluding carboxylic acids is 1. The third-order valence-electron chi connectivity index (χ3n) is 5.01. The number of nitrogens with zero attached hydrogens (tertiary/aromatic N) is 2. The van der Waals surface area contributed by atoms with Gasteiger partial charge in [-0.1, -0.05) is 66.9 Å². The predicted molar refractivity (Wildman–Crippen MR) is 133 cm³/mol. The summed E-state index contributed by atoms with van der Waals surface area (Å²) in [7, 11) is 0. The van der Waals surface area contributed by atoms with E-state index in [1.807, 2.05) is 37.3 Å². The Morgan fingerprint density at radius 3 is 2.42 bits per heavy atom. The first kappa shape index (κ1) is 24.4. The number of aromatic nitrogens is 2. The Morgan fingerprint density at radius 1 is 1.12 bits per heavy atom. The van der Waals surface area contributed by atoms with Gasteiger partial charge in [0.25, 0.3) is 5.56 Å². The molecule has 0 spiro atoms. The van der Waals surface area contributed by atoms with Crippen LogP contribution < -0.4 is 27.2 Å². The molecule has 33 heavy (non-hydrogen) atoms. The maximum absolute atomic E-state index is 13.2. The number of rotatable bonds is 9. The van der Waals surface area contributed by atoms with Gasteiger partial charge in [-0.05, 0) is 30.2 Å². The molecule has 0 aliphatic carbocycles. The van der Waals surface area contributed by atoms with Crippen LogP contribution in [0.5, 0.6) is 0 Å². The molecular weight excluding hydrogens is 465 g/mol. The van der Waals surface area contributed by atoms with Gasteiger partial charge in [0.1, 0.15) is 5.82 Å². The maximum Gasteiger partial charge on any atom is 0.330 e. The normalized spacial score (nSPS) is 10.8. The van der Waals surface area contributed by atoms with Gasteiger partial charge in [-0.15, -0.1) is 0 Å². The van der Waals surface area contributed by atoms with Crippen molar-refractivity contribution in [1.82, 2.24) is 9.55 Å². The number of unbranched alkanes of at least 4 members (excludes halogenated alkanes) is 1. The number of halogens is 2. The number of nitrogens with one attached hydrogen (secondary N) is 2. The number of H-pyrrole nitrogens is 1. The van der Waals surface area contributed by atoms with E-state index in [9.17, 15) is 14.4 Å². The van der Waals surface area contributed by atoms with E-state index in [1.54, 1.807) is 18.2 Å². The average molecular weight is 490 g/mol. The van der Waals surface area contributed by atoms with E-state index in [1.165, 1.54) is 9.47 Å². The Labute approximate surface area is 200 Å². The van der Waals surface area contributed by atoms with Crippen molar-refractivity contribution < 1.29 is 4.79 Å². The molecule has 1 amide bonds. The van der Waals surface area contributed by atoms with Crippen molar-refractivity contribution in [2.24, 2.45) is 0 Å². The Bertz CT molecular complexity index is 1220. The number of amides is 1. The van der Waals surface area contributed by atoms with E-state index in [-0.39, 0.29) is 37.0 Å². The molecule has 1 aromatic heterocycles. The van der Waals surface area contributed by atoms with Crippen LogP contribution in [0.15, 0.2) is 58.1 Å². The Hall–Kier alpha value is -3.23. The molecule has 0 atom stereocenters. The van der Waals surface area contributed by atoms with E-state index >= 15 is 0 Å². The molecule has 174 valence electrons. The van der Waals surface area contributed by atoms with Crippen molar-refractivity contribution in [3.8, 4) is 0 Å². The summed E-state index contributed by atoms with van der Waals surface area (Å²) in [5, 5.41) is 3.83. The molecule has 1 heterocycles. The zero-order chi connectivity index (χ0) is 24.0. The first-order valence-corrected chi connectivity index (χ1v) is 11.2. The summed E-state index contributed by atoms with van der Waals surface area (Å²) >= 11 is 12.0. The fourth-order valence-electron chi connectivity index (χ4n) is 3.37. The van der Waals surface area contributed by atoms with Crippen LogP contribution in [0.25, 0.3) is 0 Å². The van der Waals surface area contributed by atoms with Gasteiger partial charge in [-0.25, -0.2) is 4.79 Å². The van der Waals surface area contributed by atoms with Gasteiger partial charge in [0.15, 0.2) is 5.69 Å². The summed E-state index contributed by atoms with van der Waals surface area (Å²) in [6.07, 6.45) is 1.44. The molecule has 3 aromatic rings. The number of nitrogen functional groups attached to an aromatic ring is 1. The van der Waals surface area contributed by atoms with Gasteiger partial charge in [0.2, 0.25) is 5.91 Å². The number of hydrogen-bond acceptors (Lipinski definition) is 5. The van der Waals surface area contributed by atoms with E-state index < -0.39 is 11.2 Å². The fourth-order valence-corrected chi connectivity index (χ4v) is 3.89. The van der Waals surface area contributed by atoms with Crippen molar-refractivity contribution in [2.75, 3.05) is 29.0 Å². The summed E-state index contributed by atoms with van der Waals surface area (Å²) in [6, 6.07) is 14.1. The third-order valence-corrected chi connectivity index (χ3v) is 5.45. The molecule has 3 rings (SSSR count). The molecular formula is C23H25Cl2N5O3. The first-order chi connectivity index (χ1) is 15.8. The highest BCUT2D eigenvalue weighted by Crippen LogP contribution is 2.23. The van der Waals surface area contributed by atoms with Crippen LogP contribution in [0.3, 0.4) is 0 Å². The van der Waals surface area contributed by atoms with Crippen LogP contribution in [-0.2, 0) is 11.3 Å². The van der Waals surface area contributed by atoms with Crippen molar-refractivity contribution in [3.05, 3.63) is 85.0 Å². The van der Waals surface area contributed by atoms with Gasteiger partial charge in [0.05, 0.1) is 13.1 Å². The van der Waals surface area contributed by atoms with Crippen LogP contribution in [0, 0.1) is 0 Å². The smallest absolute Gasteiger partial charge is 0.330 e. The largest absolute Gasteiger partial charge is 0.383 e. The lowest BCUT2D eigenvalue weighted by Crippen LogP contribution is -2.43. The SMILES string of the molecule is CCCCN(C(=O)CNc1cc(Cl)cc(Cl)c1)c1c(N)n(Cc2ccccc2)c(=O)[nH]c1=O. The maximum atomic E-state index is 13.2. The van der Waals surface area contributed by atoms with Crippen LogP contribution in [0.2, 0.25) is 10.0 Å². The number of benzene rings is 2. The monoisotopic (exact) mass is 489 g/mol. The third kappa shape index (κ3) is 6.18. The molecule has 0 unspecified atom stereocenters. The average Bonchev–Trinajstić information content (AvgIpc) is 2.77. The first-order valence-electron chi connectivity index (χ1n) is 10.5. The molecule has 0 bridgehead atoms. The van der Waals surface area contributed by atoms with Gasteiger partial charge in [0, 0.05) is 22.3 Å². The number of hydrogen-bond donors (Lipinski definition) is 3. The summed E-state index contributed by atoms with van der Waals surface area (Å²) in [6.45, 7) is 2.27. The van der Waals surface area contributed by atoms with Gasteiger partial charge >= 0.3 is 5.69 Å². The van der Waals surface area contributed by atoms with Crippen LogP contribution >= 0.6 is 23.2 Å². The van der Waals surface area contributed by atoms with Gasteiger partial charge in [-0.2, -0.15) is 0 Å². The molecule has 2 aromatic carbocycles. The Kier molecular flexibility index (Phi) is 8.19. The van der Waals surface area contributed by atoms with E-state index in [0.29, 0.717) is 22.2 Å². The molecule has 0 saturated heterocycles. The number of carbonyl (C=O) groups is 1. The highest BCUT2D eigenvalue weighted by Gasteiger charge is 2.24. The van der Waals surface area contributed by atoms with Crippen molar-refractivity contribution in [1.29, 1.82) is 0 Å². The second-order valence-electron chi connectivity index (χ2n) is 7.48. The number of anilines is 3. The topological polar surface area (TPSA) is 113 Å². The zero-order valence-corrected chi connectivity index (χ0v) is 19.6. The molecule has 0 radical (unpaired) electrons. The Morgan fingerprint density at radius 2 is 1.79 bits per heavy atom. The van der Waals surface area contributed by atoms with Gasteiger partial charge < -0.3 is 16.0 Å². The highest BCUT2D eigenvalue weighted by molar-refractivity contribution is 6.35. The quantitative estimate of drug-likeness (QED) is 0.423. The molecule has 0 saturated carbocycles. The van der Waals surface area contributed by atoms with E-state index in [4.69, 9.17) is 28.9 Å². The summed E-state index contributed by atoms with van der Waals surface area (Å²) < 4.78 is 1.25.